The van der Waals surface area contributed by atoms with Gasteiger partial charge in [0.05, 0.1) is 16.3 Å². The van der Waals surface area contributed by atoms with Crippen LogP contribution in [0.4, 0.5) is 5.69 Å². The van der Waals surface area contributed by atoms with Gasteiger partial charge in [-0.3, -0.25) is 10.7 Å². The number of rotatable bonds is 5. The molecule has 0 amide bonds. The Kier molecular flexibility index (Phi) is 6.52. The molecule has 7 heteroatoms. The lowest BCUT2D eigenvalue weighted by Crippen LogP contribution is -2.21. The highest BCUT2D eigenvalue weighted by molar-refractivity contribution is 6.34. The minimum Gasteiger partial charge on any atom is -0.437 e. The number of benzene rings is 2. The molecule has 144 valence electrons. The smallest absolute Gasteiger partial charge is 0.230 e. The number of nitrogens with one attached hydrogen (secondary N) is 1. The van der Waals surface area contributed by atoms with Gasteiger partial charge in [0.2, 0.25) is 5.88 Å². The molecule has 0 radical (unpaired) electrons. The van der Waals surface area contributed by atoms with Crippen molar-refractivity contribution in [3.8, 4) is 11.6 Å². The molecule has 0 unspecified atom stereocenters. The first-order valence-corrected chi connectivity index (χ1v) is 9.44. The molecular formula is C21H19Cl2N3O2. The molecule has 0 aliphatic heterocycles. The van der Waals surface area contributed by atoms with Crippen LogP contribution >= 0.6 is 23.2 Å². The Balaban J connectivity index is 2.04. The van der Waals surface area contributed by atoms with Crippen LogP contribution in [0.5, 0.6) is 11.6 Å². The first kappa shape index (κ1) is 20.1. The lowest BCUT2D eigenvalue weighted by atomic mass is 10.1. The molecule has 3 rings (SSSR count). The Hall–Kier alpha value is -2.60. The Morgan fingerprint density at radius 3 is 2.71 bits per heavy atom. The van der Waals surface area contributed by atoms with Gasteiger partial charge in [0, 0.05) is 16.8 Å². The van der Waals surface area contributed by atoms with E-state index in [9.17, 15) is 5.21 Å². The summed E-state index contributed by atoms with van der Waals surface area (Å²) in [5.74, 6) is 0.809. The lowest BCUT2D eigenvalue weighted by molar-refractivity contribution is 0.234. The third kappa shape index (κ3) is 4.81. The van der Waals surface area contributed by atoms with Crippen molar-refractivity contribution >= 4 is 34.7 Å². The van der Waals surface area contributed by atoms with Crippen LogP contribution in [0.15, 0.2) is 59.6 Å². The highest BCUT2D eigenvalue weighted by Gasteiger charge is 2.15. The van der Waals surface area contributed by atoms with Crippen LogP contribution in [-0.4, -0.2) is 16.0 Å². The summed E-state index contributed by atoms with van der Waals surface area (Å²) in [7, 11) is 0. The first-order chi connectivity index (χ1) is 13.5. The van der Waals surface area contributed by atoms with E-state index >= 15 is 0 Å². The second kappa shape index (κ2) is 9.06. The molecule has 0 aliphatic carbocycles. The van der Waals surface area contributed by atoms with Gasteiger partial charge in [-0.2, -0.15) is 0 Å². The van der Waals surface area contributed by atoms with E-state index in [1.54, 1.807) is 30.3 Å². The molecule has 0 fully saturated rings. The maximum Gasteiger partial charge on any atom is 0.230 e. The Labute approximate surface area is 173 Å². The number of ether oxygens (including phenoxy) is 1. The quantitative estimate of drug-likeness (QED) is 0.299. The van der Waals surface area contributed by atoms with E-state index in [1.165, 1.54) is 0 Å². The molecule has 0 aliphatic rings. The van der Waals surface area contributed by atoms with Gasteiger partial charge >= 0.3 is 0 Å². The van der Waals surface area contributed by atoms with Gasteiger partial charge in [0.15, 0.2) is 5.84 Å². The van der Waals surface area contributed by atoms with Crippen LogP contribution in [0.25, 0.3) is 0 Å². The normalized spacial score (nSPS) is 11.4. The third-order valence-corrected chi connectivity index (χ3v) is 4.57. The summed E-state index contributed by atoms with van der Waals surface area (Å²) >= 11 is 12.3. The van der Waals surface area contributed by atoms with E-state index in [4.69, 9.17) is 27.9 Å². The van der Waals surface area contributed by atoms with Crippen molar-refractivity contribution in [1.82, 2.24) is 10.5 Å². The van der Waals surface area contributed by atoms with Crippen molar-refractivity contribution < 1.29 is 9.94 Å². The largest absolute Gasteiger partial charge is 0.437 e. The van der Waals surface area contributed by atoms with Crippen molar-refractivity contribution in [2.24, 2.45) is 4.99 Å². The second-order valence-electron chi connectivity index (χ2n) is 6.08. The number of aryl methyl sites for hydroxylation is 2. The summed E-state index contributed by atoms with van der Waals surface area (Å²) in [6.07, 6.45) is 0.888. The maximum atomic E-state index is 9.71. The van der Waals surface area contributed by atoms with E-state index in [2.05, 4.69) is 22.4 Å². The molecule has 1 aromatic heterocycles. The monoisotopic (exact) mass is 415 g/mol. The van der Waals surface area contributed by atoms with Crippen molar-refractivity contribution in [3.63, 3.8) is 0 Å². The van der Waals surface area contributed by atoms with Crippen LogP contribution in [0.1, 0.15) is 23.7 Å². The standard InChI is InChI=1S/C21H19Cl2N3O2/c1-3-14-5-4-6-16(11-14)25-20(26-27)17-9-7-13(2)24-21(17)28-19-12-15(22)8-10-18(19)23/h4-12,27H,3H2,1-2H3,(H,25,26). The number of nitrogens with zero attached hydrogens (tertiary/aromatic N) is 2. The number of hydrogen-bond acceptors (Lipinski definition) is 4. The highest BCUT2D eigenvalue weighted by atomic mass is 35.5. The van der Waals surface area contributed by atoms with E-state index in [1.807, 2.05) is 31.2 Å². The van der Waals surface area contributed by atoms with Crippen molar-refractivity contribution in [3.05, 3.63) is 81.5 Å². The molecular weight excluding hydrogens is 397 g/mol. The van der Waals surface area contributed by atoms with Gasteiger partial charge < -0.3 is 4.74 Å². The number of halogens is 2. The van der Waals surface area contributed by atoms with Gasteiger partial charge in [-0.25, -0.2) is 9.98 Å². The van der Waals surface area contributed by atoms with Crippen molar-refractivity contribution in [1.29, 1.82) is 0 Å². The summed E-state index contributed by atoms with van der Waals surface area (Å²) in [6.45, 7) is 3.91. The molecule has 2 N–H and O–H groups in total. The summed E-state index contributed by atoms with van der Waals surface area (Å²) in [5, 5.41) is 10.6. The highest BCUT2D eigenvalue weighted by Crippen LogP contribution is 2.33. The number of pyridine rings is 1. The molecule has 5 nitrogen and oxygen atoms in total. The Bertz CT molecular complexity index is 1020. The van der Waals surface area contributed by atoms with Crippen LogP contribution in [-0.2, 0) is 6.42 Å². The van der Waals surface area contributed by atoms with E-state index in [-0.39, 0.29) is 11.7 Å². The zero-order chi connectivity index (χ0) is 20.1. The average Bonchev–Trinajstić information content (AvgIpc) is 2.69. The average molecular weight is 416 g/mol. The van der Waals surface area contributed by atoms with E-state index in [0.717, 1.165) is 17.7 Å². The van der Waals surface area contributed by atoms with Crippen molar-refractivity contribution in [2.45, 2.75) is 20.3 Å². The van der Waals surface area contributed by atoms with Crippen LogP contribution < -0.4 is 10.2 Å². The number of aliphatic imine (C=N–C) groups is 1. The SMILES string of the molecule is CCc1cccc(N=C(NO)c2ccc(C)nc2Oc2cc(Cl)ccc2Cl)c1. The molecule has 3 aromatic rings. The van der Waals surface area contributed by atoms with Gasteiger partial charge in [-0.1, -0.05) is 42.3 Å². The minimum absolute atomic E-state index is 0.203. The minimum atomic E-state index is 0.203. The predicted molar refractivity (Wildman–Crippen MR) is 112 cm³/mol. The molecule has 0 spiro atoms. The summed E-state index contributed by atoms with van der Waals surface area (Å²) in [5.41, 5.74) is 5.20. The Morgan fingerprint density at radius 1 is 1.14 bits per heavy atom. The Morgan fingerprint density at radius 2 is 1.96 bits per heavy atom. The molecule has 0 saturated carbocycles. The number of amidine groups is 1. The molecule has 0 saturated heterocycles. The molecule has 28 heavy (non-hydrogen) atoms. The van der Waals surface area contributed by atoms with Crippen LogP contribution in [0, 0.1) is 6.92 Å². The number of hydrogen-bond donors (Lipinski definition) is 2. The topological polar surface area (TPSA) is 66.7 Å². The van der Waals surface area contributed by atoms with Gasteiger partial charge in [-0.05, 0) is 55.3 Å². The maximum absolute atomic E-state index is 9.71. The molecule has 0 atom stereocenters. The molecule has 2 aromatic carbocycles. The van der Waals surface area contributed by atoms with Gasteiger partial charge in [0.25, 0.3) is 0 Å². The van der Waals surface area contributed by atoms with Gasteiger partial charge in [-0.15, -0.1) is 0 Å². The summed E-state index contributed by atoms with van der Waals surface area (Å²) in [4.78, 5) is 8.93. The fraction of sp³-hybridized carbons (Fsp3) is 0.143. The number of hydroxylamine groups is 1. The van der Waals surface area contributed by atoms with E-state index in [0.29, 0.717) is 27.0 Å². The van der Waals surface area contributed by atoms with E-state index < -0.39 is 0 Å². The van der Waals surface area contributed by atoms with Crippen molar-refractivity contribution in [2.75, 3.05) is 0 Å². The zero-order valence-corrected chi connectivity index (χ0v) is 16.9. The summed E-state index contributed by atoms with van der Waals surface area (Å²) in [6, 6.07) is 16.2. The first-order valence-electron chi connectivity index (χ1n) is 8.68. The fourth-order valence-electron chi connectivity index (χ4n) is 2.57. The number of aromatic nitrogens is 1. The third-order valence-electron chi connectivity index (χ3n) is 4.02. The zero-order valence-electron chi connectivity index (χ0n) is 15.4. The van der Waals surface area contributed by atoms with Gasteiger partial charge in [0.1, 0.15) is 5.75 Å². The lowest BCUT2D eigenvalue weighted by Gasteiger charge is -2.13. The van der Waals surface area contributed by atoms with Crippen LogP contribution in [0.3, 0.4) is 0 Å². The van der Waals surface area contributed by atoms with Crippen LogP contribution in [0.2, 0.25) is 10.0 Å². The molecule has 1 heterocycles. The molecule has 0 bridgehead atoms. The fourth-order valence-corrected chi connectivity index (χ4v) is 2.89. The second-order valence-corrected chi connectivity index (χ2v) is 6.92. The summed E-state index contributed by atoms with van der Waals surface area (Å²) < 4.78 is 5.91. The predicted octanol–water partition coefficient (Wildman–Crippen LogP) is 6.11.